The Kier molecular flexibility index (Phi) is 4.59. The first-order chi connectivity index (χ1) is 9.76. The minimum atomic E-state index is 0.621. The van der Waals surface area contributed by atoms with Gasteiger partial charge in [0, 0.05) is 21.9 Å². The number of thiophene rings is 1. The van der Waals surface area contributed by atoms with Crippen molar-refractivity contribution in [2.75, 3.05) is 0 Å². The van der Waals surface area contributed by atoms with Crippen molar-refractivity contribution >= 4 is 27.3 Å². The van der Waals surface area contributed by atoms with Crippen molar-refractivity contribution in [3.05, 3.63) is 55.7 Å². The Morgan fingerprint density at radius 3 is 3.05 bits per heavy atom. The Morgan fingerprint density at radius 1 is 1.30 bits per heavy atom. The van der Waals surface area contributed by atoms with Crippen LogP contribution in [0.15, 0.2) is 34.1 Å². The number of benzene rings is 1. The van der Waals surface area contributed by atoms with Gasteiger partial charge in [-0.1, -0.05) is 28.9 Å². The average Bonchev–Trinajstić information content (AvgIpc) is 2.92. The summed E-state index contributed by atoms with van der Waals surface area (Å²) in [6.07, 6.45) is 4.74. The van der Waals surface area contributed by atoms with E-state index in [9.17, 15) is 0 Å². The maximum absolute atomic E-state index is 3.75. The van der Waals surface area contributed by atoms with Crippen LogP contribution < -0.4 is 5.32 Å². The summed E-state index contributed by atoms with van der Waals surface area (Å²) in [6.45, 7) is 3.26. The zero-order valence-corrected chi connectivity index (χ0v) is 14.2. The van der Waals surface area contributed by atoms with E-state index in [1.165, 1.54) is 38.9 Å². The van der Waals surface area contributed by atoms with E-state index in [1.807, 2.05) is 11.3 Å². The molecule has 1 unspecified atom stereocenters. The van der Waals surface area contributed by atoms with Crippen LogP contribution in [0.25, 0.3) is 0 Å². The molecule has 1 aromatic heterocycles. The molecular weight excluding hydrogens is 330 g/mol. The smallest absolute Gasteiger partial charge is 0.0305 e. The average molecular weight is 350 g/mol. The number of fused-ring (bicyclic) bond motifs is 1. The predicted octanol–water partition coefficient (Wildman–Crippen LogP) is 4.72. The molecule has 1 nitrogen and oxygen atoms in total. The van der Waals surface area contributed by atoms with E-state index in [1.54, 1.807) is 0 Å². The largest absolute Gasteiger partial charge is 0.309 e. The molecule has 20 heavy (non-hydrogen) atoms. The molecule has 0 amide bonds. The summed E-state index contributed by atoms with van der Waals surface area (Å²) in [5.74, 6) is 0. The third-order valence-corrected chi connectivity index (χ3v) is 5.62. The van der Waals surface area contributed by atoms with Crippen molar-refractivity contribution < 1.29 is 0 Å². The lowest BCUT2D eigenvalue weighted by Gasteiger charge is -2.26. The molecular formula is C17H20BrNS. The highest BCUT2D eigenvalue weighted by Crippen LogP contribution is 2.25. The summed E-state index contributed by atoms with van der Waals surface area (Å²) in [7, 11) is 0. The van der Waals surface area contributed by atoms with Gasteiger partial charge in [-0.05, 0) is 66.0 Å². The van der Waals surface area contributed by atoms with Crippen LogP contribution in [-0.4, -0.2) is 6.04 Å². The van der Waals surface area contributed by atoms with Gasteiger partial charge in [0.15, 0.2) is 0 Å². The summed E-state index contributed by atoms with van der Waals surface area (Å²) in [5, 5.41) is 5.96. The Labute approximate surface area is 133 Å². The van der Waals surface area contributed by atoms with E-state index in [4.69, 9.17) is 0 Å². The summed E-state index contributed by atoms with van der Waals surface area (Å²) in [5.41, 5.74) is 4.53. The molecule has 0 saturated carbocycles. The fraction of sp³-hybridized carbons (Fsp3) is 0.412. The van der Waals surface area contributed by atoms with Gasteiger partial charge < -0.3 is 5.32 Å². The molecule has 1 aromatic carbocycles. The summed E-state index contributed by atoms with van der Waals surface area (Å²) in [6, 6.07) is 9.59. The molecule has 0 radical (unpaired) electrons. The van der Waals surface area contributed by atoms with Gasteiger partial charge >= 0.3 is 0 Å². The highest BCUT2D eigenvalue weighted by molar-refractivity contribution is 9.10. The molecule has 1 heterocycles. The summed E-state index contributed by atoms with van der Waals surface area (Å²) < 4.78 is 1.20. The predicted molar refractivity (Wildman–Crippen MR) is 90.5 cm³/mol. The number of hydrogen-bond donors (Lipinski definition) is 1. The SMILES string of the molecule is CCc1ccsc1CNC1CCc2cc(Br)ccc2C1. The number of aryl methyl sites for hydroxylation is 2. The molecule has 0 spiro atoms. The maximum atomic E-state index is 3.75. The lowest BCUT2D eigenvalue weighted by molar-refractivity contribution is 0.459. The minimum absolute atomic E-state index is 0.621. The van der Waals surface area contributed by atoms with Gasteiger partial charge in [-0.15, -0.1) is 11.3 Å². The van der Waals surface area contributed by atoms with E-state index in [2.05, 4.69) is 57.8 Å². The van der Waals surface area contributed by atoms with Gasteiger partial charge in [0.05, 0.1) is 0 Å². The van der Waals surface area contributed by atoms with E-state index < -0.39 is 0 Å². The van der Waals surface area contributed by atoms with Crippen LogP contribution in [0.3, 0.4) is 0 Å². The zero-order valence-electron chi connectivity index (χ0n) is 11.8. The minimum Gasteiger partial charge on any atom is -0.309 e. The molecule has 2 aromatic rings. The van der Waals surface area contributed by atoms with Gasteiger partial charge in [0.25, 0.3) is 0 Å². The van der Waals surface area contributed by atoms with Crippen molar-refractivity contribution in [1.29, 1.82) is 0 Å². The third kappa shape index (κ3) is 3.16. The second-order valence-electron chi connectivity index (χ2n) is 5.46. The molecule has 1 aliphatic rings. The first-order valence-electron chi connectivity index (χ1n) is 7.32. The van der Waals surface area contributed by atoms with Crippen molar-refractivity contribution in [2.45, 2.75) is 45.2 Å². The molecule has 3 rings (SSSR count). The number of rotatable bonds is 4. The van der Waals surface area contributed by atoms with Crippen LogP contribution in [0.2, 0.25) is 0 Å². The van der Waals surface area contributed by atoms with Crippen LogP contribution >= 0.6 is 27.3 Å². The summed E-state index contributed by atoms with van der Waals surface area (Å²) >= 11 is 5.45. The topological polar surface area (TPSA) is 12.0 Å². The molecule has 106 valence electrons. The highest BCUT2D eigenvalue weighted by Gasteiger charge is 2.18. The first-order valence-corrected chi connectivity index (χ1v) is 8.99. The fourth-order valence-corrected chi connectivity index (χ4v) is 4.31. The van der Waals surface area contributed by atoms with Crippen LogP contribution in [0, 0.1) is 0 Å². The third-order valence-electron chi connectivity index (χ3n) is 4.17. The van der Waals surface area contributed by atoms with Gasteiger partial charge in [0.1, 0.15) is 0 Å². The first kappa shape index (κ1) is 14.3. The second-order valence-corrected chi connectivity index (χ2v) is 7.37. The Balaban J connectivity index is 1.62. The number of halogens is 1. The van der Waals surface area contributed by atoms with Crippen LogP contribution in [-0.2, 0) is 25.8 Å². The van der Waals surface area contributed by atoms with Crippen LogP contribution in [0.4, 0.5) is 0 Å². The molecule has 0 bridgehead atoms. The monoisotopic (exact) mass is 349 g/mol. The molecule has 0 saturated heterocycles. The van der Waals surface area contributed by atoms with Gasteiger partial charge in [-0.3, -0.25) is 0 Å². The number of nitrogens with one attached hydrogen (secondary N) is 1. The molecule has 1 N–H and O–H groups in total. The van der Waals surface area contributed by atoms with E-state index in [0.717, 1.165) is 19.4 Å². The highest BCUT2D eigenvalue weighted by atomic mass is 79.9. The quantitative estimate of drug-likeness (QED) is 0.841. The van der Waals surface area contributed by atoms with E-state index in [-0.39, 0.29) is 0 Å². The Bertz CT molecular complexity index is 590. The lowest BCUT2D eigenvalue weighted by Crippen LogP contribution is -2.34. The molecule has 0 aliphatic heterocycles. The normalized spacial score (nSPS) is 18.0. The van der Waals surface area contributed by atoms with Crippen molar-refractivity contribution in [3.63, 3.8) is 0 Å². The van der Waals surface area contributed by atoms with E-state index >= 15 is 0 Å². The van der Waals surface area contributed by atoms with Crippen molar-refractivity contribution in [3.8, 4) is 0 Å². The van der Waals surface area contributed by atoms with Crippen molar-refractivity contribution in [2.24, 2.45) is 0 Å². The van der Waals surface area contributed by atoms with E-state index in [0.29, 0.717) is 6.04 Å². The molecule has 1 aliphatic carbocycles. The van der Waals surface area contributed by atoms with Gasteiger partial charge in [-0.2, -0.15) is 0 Å². The fourth-order valence-electron chi connectivity index (χ4n) is 2.97. The molecule has 0 fully saturated rings. The summed E-state index contributed by atoms with van der Waals surface area (Å²) in [4.78, 5) is 1.51. The lowest BCUT2D eigenvalue weighted by atomic mass is 9.88. The Morgan fingerprint density at radius 2 is 2.20 bits per heavy atom. The molecule has 3 heteroatoms. The Hall–Kier alpha value is -0.640. The van der Waals surface area contributed by atoms with Gasteiger partial charge in [0.2, 0.25) is 0 Å². The maximum Gasteiger partial charge on any atom is 0.0305 e. The van der Waals surface area contributed by atoms with Gasteiger partial charge in [-0.25, -0.2) is 0 Å². The van der Waals surface area contributed by atoms with Crippen LogP contribution in [0.5, 0.6) is 0 Å². The standard InChI is InChI=1S/C17H20BrNS/c1-2-12-7-8-20-17(12)11-19-16-6-4-13-9-15(18)5-3-14(13)10-16/h3,5,7-9,16,19H,2,4,6,10-11H2,1H3. The van der Waals surface area contributed by atoms with Crippen molar-refractivity contribution in [1.82, 2.24) is 5.32 Å². The second kappa shape index (κ2) is 6.42. The molecule has 1 atom stereocenters. The zero-order chi connectivity index (χ0) is 13.9. The van der Waals surface area contributed by atoms with Crippen LogP contribution in [0.1, 0.15) is 34.9 Å². The number of hydrogen-bond acceptors (Lipinski definition) is 2.